The highest BCUT2D eigenvalue weighted by Crippen LogP contribution is 2.38. The predicted molar refractivity (Wildman–Crippen MR) is 92.6 cm³/mol. The summed E-state index contributed by atoms with van der Waals surface area (Å²) in [4.78, 5) is 3.94. The molecular weight excluding hydrogens is 345 g/mol. The minimum Gasteiger partial charge on any atom is -0.385 e. The maximum atomic E-state index is 13.3. The summed E-state index contributed by atoms with van der Waals surface area (Å²) in [6, 6.07) is 8.96. The molecule has 0 saturated heterocycles. The molecule has 138 valence electrons. The quantitative estimate of drug-likeness (QED) is 0.699. The van der Waals surface area contributed by atoms with E-state index in [2.05, 4.69) is 15.2 Å². The molecule has 3 aromatic rings. The fourth-order valence-corrected chi connectivity index (χ4v) is 3.03. The molecule has 0 fully saturated rings. The zero-order valence-electron chi connectivity index (χ0n) is 14.2. The van der Waals surface area contributed by atoms with Gasteiger partial charge in [-0.05, 0) is 41.6 Å². The summed E-state index contributed by atoms with van der Waals surface area (Å²) in [5.74, 6) is 0.0682. The molecule has 3 rings (SSSR count). The molecule has 2 aromatic heterocycles. The Labute approximate surface area is 148 Å². The first-order valence-corrected chi connectivity index (χ1v) is 8.15. The van der Waals surface area contributed by atoms with Gasteiger partial charge in [-0.25, -0.2) is 4.98 Å². The zero-order valence-corrected chi connectivity index (χ0v) is 14.2. The molecule has 0 aliphatic carbocycles. The van der Waals surface area contributed by atoms with E-state index >= 15 is 0 Å². The Morgan fingerprint density at radius 2 is 2.08 bits per heavy atom. The van der Waals surface area contributed by atoms with Crippen molar-refractivity contribution in [2.24, 2.45) is 5.73 Å². The third kappa shape index (κ3) is 3.56. The van der Waals surface area contributed by atoms with Crippen molar-refractivity contribution >= 4 is 11.0 Å². The highest BCUT2D eigenvalue weighted by molar-refractivity contribution is 5.94. The van der Waals surface area contributed by atoms with Gasteiger partial charge in [0.1, 0.15) is 5.69 Å². The molecule has 0 radical (unpaired) electrons. The normalized spacial score (nSPS) is 13.3. The van der Waals surface area contributed by atoms with E-state index < -0.39 is 11.9 Å². The highest BCUT2D eigenvalue weighted by Gasteiger charge is 2.36. The van der Waals surface area contributed by atoms with Crippen molar-refractivity contribution in [3.05, 3.63) is 47.8 Å². The SMILES string of the molecule is COCCC(CN)c1cccc(-c2ccnc3n[nH]c(C(F)(F)F)c23)c1. The van der Waals surface area contributed by atoms with Gasteiger partial charge in [-0.1, -0.05) is 24.3 Å². The number of alkyl halides is 3. The third-order valence-electron chi connectivity index (χ3n) is 4.36. The summed E-state index contributed by atoms with van der Waals surface area (Å²) in [5.41, 5.74) is 7.06. The molecule has 0 spiro atoms. The van der Waals surface area contributed by atoms with Crippen LogP contribution in [0.2, 0.25) is 0 Å². The zero-order chi connectivity index (χ0) is 18.7. The Kier molecular flexibility index (Phi) is 5.24. The summed E-state index contributed by atoms with van der Waals surface area (Å²) in [6.07, 6.45) is -2.35. The summed E-state index contributed by atoms with van der Waals surface area (Å²) < 4.78 is 45.1. The molecule has 0 saturated carbocycles. The van der Waals surface area contributed by atoms with Crippen molar-refractivity contribution in [3.8, 4) is 11.1 Å². The number of benzene rings is 1. The van der Waals surface area contributed by atoms with Gasteiger partial charge in [0, 0.05) is 19.9 Å². The van der Waals surface area contributed by atoms with Crippen LogP contribution in [0.3, 0.4) is 0 Å². The molecule has 1 atom stereocenters. The number of hydrogen-bond donors (Lipinski definition) is 2. The Morgan fingerprint density at radius 3 is 2.77 bits per heavy atom. The smallest absolute Gasteiger partial charge is 0.385 e. The van der Waals surface area contributed by atoms with Gasteiger partial charge in [-0.15, -0.1) is 0 Å². The van der Waals surface area contributed by atoms with Gasteiger partial charge in [0.15, 0.2) is 5.65 Å². The molecule has 2 heterocycles. The van der Waals surface area contributed by atoms with Gasteiger partial charge in [0.2, 0.25) is 0 Å². The van der Waals surface area contributed by atoms with Crippen LogP contribution in [0.25, 0.3) is 22.2 Å². The van der Waals surface area contributed by atoms with Crippen molar-refractivity contribution in [1.29, 1.82) is 0 Å². The van der Waals surface area contributed by atoms with Crippen LogP contribution in [-0.2, 0) is 10.9 Å². The van der Waals surface area contributed by atoms with Crippen molar-refractivity contribution < 1.29 is 17.9 Å². The molecule has 1 aromatic carbocycles. The minimum absolute atomic E-state index is 0.0293. The van der Waals surface area contributed by atoms with E-state index in [1.807, 2.05) is 18.2 Å². The Balaban J connectivity index is 2.10. The summed E-state index contributed by atoms with van der Waals surface area (Å²) in [5, 5.41) is 5.73. The lowest BCUT2D eigenvalue weighted by molar-refractivity contribution is -0.139. The molecule has 0 aliphatic rings. The number of fused-ring (bicyclic) bond motifs is 1. The van der Waals surface area contributed by atoms with Crippen LogP contribution < -0.4 is 5.73 Å². The van der Waals surface area contributed by atoms with Gasteiger partial charge < -0.3 is 10.5 Å². The number of nitrogens with two attached hydrogens (primary N) is 1. The number of pyridine rings is 1. The molecule has 5 nitrogen and oxygen atoms in total. The van der Waals surface area contributed by atoms with Crippen LogP contribution in [-0.4, -0.2) is 35.4 Å². The van der Waals surface area contributed by atoms with Gasteiger partial charge in [-0.3, -0.25) is 5.10 Å². The number of hydrogen-bond acceptors (Lipinski definition) is 4. The largest absolute Gasteiger partial charge is 0.433 e. The maximum Gasteiger partial charge on any atom is 0.433 e. The van der Waals surface area contributed by atoms with E-state index in [4.69, 9.17) is 10.5 Å². The van der Waals surface area contributed by atoms with E-state index in [1.54, 1.807) is 19.2 Å². The van der Waals surface area contributed by atoms with Gasteiger partial charge in [-0.2, -0.15) is 18.3 Å². The van der Waals surface area contributed by atoms with Crippen LogP contribution in [0.5, 0.6) is 0 Å². The maximum absolute atomic E-state index is 13.3. The highest BCUT2D eigenvalue weighted by atomic mass is 19.4. The Bertz CT molecular complexity index is 892. The molecule has 0 bridgehead atoms. The number of rotatable bonds is 6. The second-order valence-electron chi connectivity index (χ2n) is 5.99. The molecule has 0 amide bonds. The number of nitrogens with one attached hydrogen (secondary N) is 1. The van der Waals surface area contributed by atoms with E-state index in [1.165, 1.54) is 6.20 Å². The molecule has 3 N–H and O–H groups in total. The second kappa shape index (κ2) is 7.43. The fraction of sp³-hybridized carbons (Fsp3) is 0.333. The molecule has 8 heteroatoms. The first kappa shape index (κ1) is 18.3. The summed E-state index contributed by atoms with van der Waals surface area (Å²) in [6.45, 7) is 0.990. The third-order valence-corrected chi connectivity index (χ3v) is 4.36. The topological polar surface area (TPSA) is 76.8 Å². The molecule has 26 heavy (non-hydrogen) atoms. The standard InChI is InChI=1S/C18H19F3N4O/c1-26-8-6-13(10-22)11-3-2-4-12(9-11)14-5-7-23-17-15(14)16(24-25-17)18(19,20)21/h2-5,7,9,13H,6,8,10,22H2,1H3,(H,23,24,25). The average Bonchev–Trinajstić information content (AvgIpc) is 3.07. The molecule has 0 aliphatic heterocycles. The lowest BCUT2D eigenvalue weighted by atomic mass is 9.92. The number of nitrogens with zero attached hydrogens (tertiary/aromatic N) is 2. The average molecular weight is 364 g/mol. The molecule has 1 unspecified atom stereocenters. The van der Waals surface area contributed by atoms with Crippen LogP contribution in [0, 0.1) is 0 Å². The van der Waals surface area contributed by atoms with E-state index in [9.17, 15) is 13.2 Å². The van der Waals surface area contributed by atoms with Crippen molar-refractivity contribution in [2.75, 3.05) is 20.3 Å². The van der Waals surface area contributed by atoms with Crippen LogP contribution >= 0.6 is 0 Å². The number of aromatic amines is 1. The second-order valence-corrected chi connectivity index (χ2v) is 5.99. The Morgan fingerprint density at radius 1 is 1.27 bits per heavy atom. The van der Waals surface area contributed by atoms with Crippen molar-refractivity contribution in [1.82, 2.24) is 15.2 Å². The number of H-pyrrole nitrogens is 1. The fourth-order valence-electron chi connectivity index (χ4n) is 3.03. The van der Waals surface area contributed by atoms with E-state index in [0.29, 0.717) is 24.3 Å². The van der Waals surface area contributed by atoms with Gasteiger partial charge >= 0.3 is 6.18 Å². The Hall–Kier alpha value is -2.45. The van der Waals surface area contributed by atoms with E-state index in [-0.39, 0.29) is 17.0 Å². The van der Waals surface area contributed by atoms with Crippen molar-refractivity contribution in [3.63, 3.8) is 0 Å². The number of ether oxygens (including phenoxy) is 1. The number of halogens is 3. The van der Waals surface area contributed by atoms with Crippen molar-refractivity contribution in [2.45, 2.75) is 18.5 Å². The lowest BCUT2D eigenvalue weighted by Gasteiger charge is -2.16. The van der Waals surface area contributed by atoms with Crippen LogP contribution in [0.1, 0.15) is 23.6 Å². The first-order valence-electron chi connectivity index (χ1n) is 8.15. The summed E-state index contributed by atoms with van der Waals surface area (Å²) >= 11 is 0. The van der Waals surface area contributed by atoms with Gasteiger partial charge in [0.05, 0.1) is 5.39 Å². The van der Waals surface area contributed by atoms with Crippen LogP contribution in [0.15, 0.2) is 36.5 Å². The number of methoxy groups -OCH3 is 1. The number of aromatic nitrogens is 3. The summed E-state index contributed by atoms with van der Waals surface area (Å²) in [7, 11) is 1.62. The van der Waals surface area contributed by atoms with Crippen LogP contribution in [0.4, 0.5) is 13.2 Å². The first-order chi connectivity index (χ1) is 12.5. The van der Waals surface area contributed by atoms with E-state index in [0.717, 1.165) is 12.0 Å². The minimum atomic E-state index is -4.54. The molecular formula is C18H19F3N4O. The van der Waals surface area contributed by atoms with Gasteiger partial charge in [0.25, 0.3) is 0 Å². The lowest BCUT2D eigenvalue weighted by Crippen LogP contribution is -2.14. The predicted octanol–water partition coefficient (Wildman–Crippen LogP) is 3.72. The monoisotopic (exact) mass is 364 g/mol.